The van der Waals surface area contributed by atoms with Crippen molar-refractivity contribution in [2.24, 2.45) is 0 Å². The molecule has 0 aliphatic carbocycles. The van der Waals surface area contributed by atoms with Crippen LogP contribution in [-0.4, -0.2) is 31.0 Å². The van der Waals surface area contributed by atoms with Crippen LogP contribution in [0.5, 0.6) is 0 Å². The minimum atomic E-state index is -4.14. The molecule has 3 aromatic carbocycles. The molecule has 1 fully saturated rings. The van der Waals surface area contributed by atoms with E-state index in [4.69, 9.17) is 0 Å². The van der Waals surface area contributed by atoms with E-state index in [1.165, 1.54) is 29.2 Å². The van der Waals surface area contributed by atoms with Crippen LogP contribution in [0.15, 0.2) is 71.6 Å². The monoisotopic (exact) mass is 499 g/mol. The molecule has 8 nitrogen and oxygen atoms in total. The van der Waals surface area contributed by atoms with E-state index in [1.807, 2.05) is 0 Å². The van der Waals surface area contributed by atoms with Gasteiger partial charge in [0.2, 0.25) is 11.8 Å². The number of likely N-dealkylation sites (tertiary alicyclic amines) is 1. The maximum absolute atomic E-state index is 13.4. The number of amides is 3. The molecule has 1 saturated heterocycles. The molecule has 3 aromatic rings. The van der Waals surface area contributed by atoms with Crippen molar-refractivity contribution in [3.8, 4) is 0 Å². The third kappa shape index (κ3) is 5.52. The summed E-state index contributed by atoms with van der Waals surface area (Å²) in [5.74, 6) is -3.28. The fourth-order valence-electron chi connectivity index (χ4n) is 3.43. The van der Waals surface area contributed by atoms with Gasteiger partial charge in [-0.3, -0.25) is 24.0 Å². The molecule has 35 heavy (non-hydrogen) atoms. The lowest BCUT2D eigenvalue weighted by atomic mass is 10.1. The number of carbonyl (C=O) groups is 3. The van der Waals surface area contributed by atoms with Crippen LogP contribution in [0, 0.1) is 11.6 Å². The first-order valence-electron chi connectivity index (χ1n) is 10.4. The van der Waals surface area contributed by atoms with E-state index in [1.54, 1.807) is 24.3 Å². The molecule has 3 amide bonds. The molecule has 0 saturated carbocycles. The van der Waals surface area contributed by atoms with Gasteiger partial charge in [-0.25, -0.2) is 17.2 Å². The molecule has 1 aliphatic rings. The van der Waals surface area contributed by atoms with E-state index >= 15 is 0 Å². The number of anilines is 2. The van der Waals surface area contributed by atoms with Gasteiger partial charge in [-0.05, 0) is 60.2 Å². The van der Waals surface area contributed by atoms with Crippen LogP contribution in [0.1, 0.15) is 28.8 Å². The van der Waals surface area contributed by atoms with Crippen LogP contribution < -0.4 is 10.0 Å². The molecule has 11 heteroatoms. The summed E-state index contributed by atoms with van der Waals surface area (Å²) in [5.41, 5.74) is 1.60. The number of hydrogen-bond donors (Lipinski definition) is 2. The lowest BCUT2D eigenvalue weighted by Crippen LogP contribution is -2.28. The Kier molecular flexibility index (Phi) is 6.61. The molecule has 0 bridgehead atoms. The number of imide groups is 1. The largest absolute Gasteiger partial charge is 0.322 e. The quantitative estimate of drug-likeness (QED) is 0.482. The van der Waals surface area contributed by atoms with Crippen LogP contribution in [0.25, 0.3) is 0 Å². The Labute approximate surface area is 199 Å². The number of hydrogen-bond acceptors (Lipinski definition) is 5. The summed E-state index contributed by atoms with van der Waals surface area (Å²) in [6.45, 7) is 0.154. The van der Waals surface area contributed by atoms with Crippen LogP contribution in [-0.2, 0) is 26.2 Å². The molecule has 0 radical (unpaired) electrons. The summed E-state index contributed by atoms with van der Waals surface area (Å²) in [5, 5.41) is 2.67. The minimum Gasteiger partial charge on any atom is -0.322 e. The van der Waals surface area contributed by atoms with Gasteiger partial charge in [-0.2, -0.15) is 0 Å². The van der Waals surface area contributed by atoms with Crippen LogP contribution in [0.3, 0.4) is 0 Å². The topological polar surface area (TPSA) is 113 Å². The molecule has 0 aromatic heterocycles. The van der Waals surface area contributed by atoms with E-state index in [9.17, 15) is 31.6 Å². The number of benzene rings is 3. The van der Waals surface area contributed by atoms with Crippen LogP contribution in [0.4, 0.5) is 20.2 Å². The maximum atomic E-state index is 13.4. The smallest absolute Gasteiger partial charge is 0.261 e. The summed E-state index contributed by atoms with van der Waals surface area (Å²) in [6.07, 6.45) is 0.425. The molecule has 0 spiro atoms. The second kappa shape index (κ2) is 9.63. The first kappa shape index (κ1) is 24.0. The molecular weight excluding hydrogens is 480 g/mol. The molecule has 0 atom stereocenters. The summed E-state index contributed by atoms with van der Waals surface area (Å²) >= 11 is 0. The predicted octanol–water partition coefficient (Wildman–Crippen LogP) is 3.67. The van der Waals surface area contributed by atoms with E-state index < -0.39 is 32.5 Å². The van der Waals surface area contributed by atoms with E-state index in [0.717, 1.165) is 12.1 Å². The average molecular weight is 499 g/mol. The fourth-order valence-corrected chi connectivity index (χ4v) is 4.50. The minimum absolute atomic E-state index is 0.154. The number of sulfonamides is 1. The highest BCUT2D eigenvalue weighted by Gasteiger charge is 2.28. The summed E-state index contributed by atoms with van der Waals surface area (Å²) in [7, 11) is -4.14. The molecule has 1 heterocycles. The maximum Gasteiger partial charge on any atom is 0.261 e. The Morgan fingerprint density at radius 3 is 2.03 bits per heavy atom. The summed E-state index contributed by atoms with van der Waals surface area (Å²) < 4.78 is 53.4. The van der Waals surface area contributed by atoms with Crippen molar-refractivity contribution in [3.63, 3.8) is 0 Å². The SMILES string of the molecule is O=C(Nc1ccc(NS(=O)(=O)c2ccc(F)c(F)c2)cc1)c1ccc(CN2C(=O)CCC2=O)cc1. The average Bonchev–Trinajstić information content (AvgIpc) is 3.14. The molecule has 1 aliphatic heterocycles. The van der Waals surface area contributed by atoms with Crippen LogP contribution in [0.2, 0.25) is 0 Å². The predicted molar refractivity (Wildman–Crippen MR) is 123 cm³/mol. The highest BCUT2D eigenvalue weighted by Crippen LogP contribution is 2.21. The number of nitrogens with zero attached hydrogens (tertiary/aromatic N) is 1. The summed E-state index contributed by atoms with van der Waals surface area (Å²) in [4.78, 5) is 36.8. The van der Waals surface area contributed by atoms with Crippen molar-refractivity contribution in [2.75, 3.05) is 10.0 Å². The Bertz CT molecular complexity index is 1390. The normalized spacial score (nSPS) is 13.7. The van der Waals surface area contributed by atoms with Gasteiger partial charge in [0.05, 0.1) is 11.4 Å². The number of carbonyl (C=O) groups excluding carboxylic acids is 3. The highest BCUT2D eigenvalue weighted by atomic mass is 32.2. The fraction of sp³-hybridized carbons (Fsp3) is 0.125. The van der Waals surface area contributed by atoms with Gasteiger partial charge in [0.25, 0.3) is 15.9 Å². The molecule has 4 rings (SSSR count). The van der Waals surface area contributed by atoms with Crippen molar-refractivity contribution in [2.45, 2.75) is 24.3 Å². The Balaban J connectivity index is 1.37. The van der Waals surface area contributed by atoms with Gasteiger partial charge in [0, 0.05) is 29.8 Å². The van der Waals surface area contributed by atoms with Gasteiger partial charge in [-0.1, -0.05) is 12.1 Å². The van der Waals surface area contributed by atoms with Crippen molar-refractivity contribution >= 4 is 39.1 Å². The lowest BCUT2D eigenvalue weighted by molar-refractivity contribution is -0.139. The molecule has 180 valence electrons. The van der Waals surface area contributed by atoms with E-state index in [2.05, 4.69) is 10.0 Å². The van der Waals surface area contributed by atoms with E-state index in [0.29, 0.717) is 22.9 Å². The number of halogens is 2. The first-order chi connectivity index (χ1) is 16.6. The Morgan fingerprint density at radius 2 is 1.43 bits per heavy atom. The van der Waals surface area contributed by atoms with Crippen molar-refractivity contribution in [3.05, 3.63) is 89.5 Å². The Morgan fingerprint density at radius 1 is 0.829 bits per heavy atom. The second-order valence-corrected chi connectivity index (χ2v) is 9.47. The second-order valence-electron chi connectivity index (χ2n) is 7.78. The lowest BCUT2D eigenvalue weighted by Gasteiger charge is -2.14. The standard InChI is InChI=1S/C24H19F2N3O5S/c25-20-10-9-19(13-21(20)26)35(33,34)28-18-7-5-17(6-8-18)27-24(32)16-3-1-15(2-4-16)14-29-22(30)11-12-23(29)31/h1-10,13,28H,11-12,14H2,(H,27,32). The highest BCUT2D eigenvalue weighted by molar-refractivity contribution is 7.92. The van der Waals surface area contributed by atoms with Crippen molar-refractivity contribution in [1.29, 1.82) is 0 Å². The van der Waals surface area contributed by atoms with Gasteiger partial charge >= 0.3 is 0 Å². The molecule has 2 N–H and O–H groups in total. The van der Waals surface area contributed by atoms with E-state index in [-0.39, 0.29) is 36.9 Å². The van der Waals surface area contributed by atoms with Gasteiger partial charge in [0.1, 0.15) is 0 Å². The zero-order valence-electron chi connectivity index (χ0n) is 18.1. The molecule has 0 unspecified atom stereocenters. The number of nitrogens with one attached hydrogen (secondary N) is 2. The van der Waals surface area contributed by atoms with Crippen molar-refractivity contribution < 1.29 is 31.6 Å². The third-order valence-corrected chi connectivity index (χ3v) is 6.69. The van der Waals surface area contributed by atoms with Gasteiger partial charge < -0.3 is 5.32 Å². The van der Waals surface area contributed by atoms with Gasteiger partial charge in [0.15, 0.2) is 11.6 Å². The molecular formula is C24H19F2N3O5S. The third-order valence-electron chi connectivity index (χ3n) is 5.31. The number of rotatable bonds is 7. The van der Waals surface area contributed by atoms with Gasteiger partial charge in [-0.15, -0.1) is 0 Å². The van der Waals surface area contributed by atoms with Crippen LogP contribution >= 0.6 is 0 Å². The zero-order valence-corrected chi connectivity index (χ0v) is 18.9. The first-order valence-corrected chi connectivity index (χ1v) is 11.9. The Hall–Kier alpha value is -4.12. The van der Waals surface area contributed by atoms with Crippen molar-refractivity contribution in [1.82, 2.24) is 4.90 Å². The zero-order chi connectivity index (χ0) is 25.2. The summed E-state index contributed by atoms with van der Waals surface area (Å²) in [6, 6.07) is 14.5.